The van der Waals surface area contributed by atoms with Gasteiger partial charge in [0, 0.05) is 30.4 Å². The van der Waals surface area contributed by atoms with Crippen LogP contribution in [0.15, 0.2) is 41.4 Å². The van der Waals surface area contributed by atoms with Gasteiger partial charge in [-0.3, -0.25) is 4.99 Å². The third-order valence-corrected chi connectivity index (χ3v) is 4.01. The number of aromatic nitrogens is 1. The minimum absolute atomic E-state index is 0.436. The molecule has 0 saturated carbocycles. The summed E-state index contributed by atoms with van der Waals surface area (Å²) in [6.07, 6.45) is 4.32. The highest BCUT2D eigenvalue weighted by atomic mass is 16.5. The lowest BCUT2D eigenvalue weighted by Gasteiger charge is -2.08. The summed E-state index contributed by atoms with van der Waals surface area (Å²) in [7, 11) is 1.61. The van der Waals surface area contributed by atoms with Crippen LogP contribution in [0.5, 0.6) is 5.88 Å². The molecule has 1 aromatic heterocycles. The van der Waals surface area contributed by atoms with Crippen molar-refractivity contribution < 1.29 is 4.74 Å². The summed E-state index contributed by atoms with van der Waals surface area (Å²) in [6.45, 7) is 0.587. The first kappa shape index (κ1) is 15.3. The fraction of sp³-hybridized carbons (Fsp3) is 0.333. The van der Waals surface area contributed by atoms with E-state index in [-0.39, 0.29) is 0 Å². The Labute approximate surface area is 136 Å². The van der Waals surface area contributed by atoms with E-state index in [4.69, 9.17) is 10.5 Å². The summed E-state index contributed by atoms with van der Waals surface area (Å²) in [5.41, 5.74) is 10.8. The number of nitrogens with one attached hydrogen (secondary N) is 1. The zero-order valence-corrected chi connectivity index (χ0v) is 13.4. The van der Waals surface area contributed by atoms with Crippen LogP contribution in [-0.4, -0.2) is 24.6 Å². The summed E-state index contributed by atoms with van der Waals surface area (Å²) in [5, 5.41) is 3.16. The maximum Gasteiger partial charge on any atom is 0.213 e. The fourth-order valence-electron chi connectivity index (χ4n) is 2.84. The number of fused-ring (bicyclic) bond motifs is 1. The molecular formula is C18H22N4O. The average Bonchev–Trinajstić information content (AvgIpc) is 3.02. The van der Waals surface area contributed by atoms with Crippen LogP contribution in [-0.2, 0) is 19.3 Å². The van der Waals surface area contributed by atoms with Gasteiger partial charge in [-0.25, -0.2) is 4.98 Å². The number of anilines is 1. The molecule has 1 aliphatic carbocycles. The van der Waals surface area contributed by atoms with Crippen LogP contribution in [0.4, 0.5) is 5.69 Å². The van der Waals surface area contributed by atoms with Crippen molar-refractivity contribution in [2.24, 2.45) is 10.7 Å². The maximum absolute atomic E-state index is 5.96. The van der Waals surface area contributed by atoms with Crippen molar-refractivity contribution in [3.05, 3.63) is 53.2 Å². The van der Waals surface area contributed by atoms with E-state index < -0.39 is 0 Å². The molecule has 0 spiro atoms. The molecular weight excluding hydrogens is 288 g/mol. The monoisotopic (exact) mass is 310 g/mol. The zero-order valence-electron chi connectivity index (χ0n) is 13.4. The molecule has 2 aromatic rings. The van der Waals surface area contributed by atoms with Crippen LogP contribution in [0.25, 0.3) is 0 Å². The number of nitrogens with zero attached hydrogens (tertiary/aromatic N) is 2. The Hall–Kier alpha value is -2.56. The van der Waals surface area contributed by atoms with Gasteiger partial charge in [0.2, 0.25) is 5.88 Å². The number of ether oxygens (including phenoxy) is 1. The third-order valence-electron chi connectivity index (χ3n) is 4.01. The largest absolute Gasteiger partial charge is 0.481 e. The van der Waals surface area contributed by atoms with Gasteiger partial charge in [0.1, 0.15) is 0 Å². The summed E-state index contributed by atoms with van der Waals surface area (Å²) < 4.78 is 5.11. The average molecular weight is 310 g/mol. The van der Waals surface area contributed by atoms with Crippen molar-refractivity contribution >= 4 is 11.6 Å². The number of guanidine groups is 1. The number of hydrogen-bond acceptors (Lipinski definition) is 3. The molecule has 0 atom stereocenters. The van der Waals surface area contributed by atoms with E-state index in [0.717, 1.165) is 24.2 Å². The van der Waals surface area contributed by atoms with Gasteiger partial charge in [0.05, 0.1) is 7.11 Å². The van der Waals surface area contributed by atoms with Gasteiger partial charge in [-0.15, -0.1) is 0 Å². The first-order valence-corrected chi connectivity index (χ1v) is 7.93. The van der Waals surface area contributed by atoms with Crippen molar-refractivity contribution in [3.63, 3.8) is 0 Å². The molecule has 0 radical (unpaired) electrons. The van der Waals surface area contributed by atoms with E-state index in [1.807, 2.05) is 18.2 Å². The minimum atomic E-state index is 0.436. The highest BCUT2D eigenvalue weighted by Crippen LogP contribution is 2.24. The molecule has 3 N–H and O–H groups in total. The Kier molecular flexibility index (Phi) is 4.76. The molecule has 0 unspecified atom stereocenters. The number of hydrogen-bond donors (Lipinski definition) is 2. The quantitative estimate of drug-likeness (QED) is 0.657. The van der Waals surface area contributed by atoms with Crippen molar-refractivity contribution in [2.75, 3.05) is 19.0 Å². The fourth-order valence-corrected chi connectivity index (χ4v) is 2.84. The molecule has 23 heavy (non-hydrogen) atoms. The van der Waals surface area contributed by atoms with Gasteiger partial charge in [-0.1, -0.05) is 12.1 Å². The van der Waals surface area contributed by atoms with Crippen molar-refractivity contribution in [2.45, 2.75) is 25.7 Å². The normalized spacial score (nSPS) is 13.7. The number of aryl methyl sites for hydroxylation is 2. The van der Waals surface area contributed by atoms with Gasteiger partial charge in [-0.05, 0) is 48.6 Å². The van der Waals surface area contributed by atoms with Crippen molar-refractivity contribution in [1.29, 1.82) is 0 Å². The molecule has 120 valence electrons. The van der Waals surface area contributed by atoms with Crippen LogP contribution in [0, 0.1) is 0 Å². The van der Waals surface area contributed by atoms with Crippen LogP contribution in [0.1, 0.15) is 23.2 Å². The van der Waals surface area contributed by atoms with Crippen LogP contribution < -0.4 is 15.8 Å². The van der Waals surface area contributed by atoms with Gasteiger partial charge in [-0.2, -0.15) is 0 Å². The number of aliphatic imine (C=N–C) groups is 1. The van der Waals surface area contributed by atoms with Gasteiger partial charge >= 0.3 is 0 Å². The number of nitrogens with two attached hydrogens (primary N) is 1. The van der Waals surface area contributed by atoms with Crippen LogP contribution in [0.3, 0.4) is 0 Å². The standard InChI is InChI=1S/C18H22N4O/c1-23-17-7-3-6-15(21-17)10-11-20-18(19)22-16-9-8-13-4-2-5-14(13)12-16/h3,6-9,12H,2,4-5,10-11H2,1H3,(H3,19,20,22). The lowest BCUT2D eigenvalue weighted by atomic mass is 10.1. The first-order valence-electron chi connectivity index (χ1n) is 7.93. The summed E-state index contributed by atoms with van der Waals surface area (Å²) in [4.78, 5) is 8.72. The molecule has 0 amide bonds. The lowest BCUT2D eigenvalue weighted by molar-refractivity contribution is 0.396. The number of benzene rings is 1. The minimum Gasteiger partial charge on any atom is -0.481 e. The van der Waals surface area contributed by atoms with E-state index in [2.05, 4.69) is 33.5 Å². The Morgan fingerprint density at radius 3 is 3.00 bits per heavy atom. The van der Waals surface area contributed by atoms with Gasteiger partial charge in [0.15, 0.2) is 5.96 Å². The van der Waals surface area contributed by atoms with Gasteiger partial charge < -0.3 is 15.8 Å². The highest BCUT2D eigenvalue weighted by molar-refractivity contribution is 5.92. The highest BCUT2D eigenvalue weighted by Gasteiger charge is 2.10. The smallest absolute Gasteiger partial charge is 0.213 e. The molecule has 0 aliphatic heterocycles. The molecule has 1 aromatic carbocycles. The third kappa shape index (κ3) is 4.00. The Balaban J connectivity index is 1.55. The SMILES string of the molecule is COc1cccc(CCN=C(N)Nc2ccc3c(c2)CCC3)n1. The number of methoxy groups -OCH3 is 1. The molecule has 0 fully saturated rings. The second-order valence-corrected chi connectivity index (χ2v) is 5.65. The summed E-state index contributed by atoms with van der Waals surface area (Å²) >= 11 is 0. The zero-order chi connectivity index (χ0) is 16.1. The van der Waals surface area contributed by atoms with Crippen molar-refractivity contribution in [1.82, 2.24) is 4.98 Å². The van der Waals surface area contributed by atoms with E-state index in [0.29, 0.717) is 18.4 Å². The first-order chi connectivity index (χ1) is 11.2. The Morgan fingerprint density at radius 1 is 1.26 bits per heavy atom. The number of pyridine rings is 1. The molecule has 3 rings (SSSR count). The van der Waals surface area contributed by atoms with Crippen LogP contribution >= 0.6 is 0 Å². The number of rotatable bonds is 5. The van der Waals surface area contributed by atoms with E-state index in [1.54, 1.807) is 7.11 Å². The maximum atomic E-state index is 5.96. The lowest BCUT2D eigenvalue weighted by Crippen LogP contribution is -2.23. The van der Waals surface area contributed by atoms with Crippen LogP contribution in [0.2, 0.25) is 0 Å². The van der Waals surface area contributed by atoms with E-state index >= 15 is 0 Å². The second-order valence-electron chi connectivity index (χ2n) is 5.65. The predicted octanol–water partition coefficient (Wildman–Crippen LogP) is 2.55. The van der Waals surface area contributed by atoms with E-state index in [1.165, 1.54) is 24.0 Å². The molecule has 5 heteroatoms. The Bertz CT molecular complexity index is 712. The topological polar surface area (TPSA) is 72.5 Å². The van der Waals surface area contributed by atoms with Gasteiger partial charge in [0.25, 0.3) is 0 Å². The second kappa shape index (κ2) is 7.13. The molecule has 1 aliphatic rings. The van der Waals surface area contributed by atoms with Crippen molar-refractivity contribution in [3.8, 4) is 5.88 Å². The molecule has 1 heterocycles. The molecule has 5 nitrogen and oxygen atoms in total. The predicted molar refractivity (Wildman–Crippen MR) is 93.1 cm³/mol. The molecule has 0 saturated heterocycles. The van der Waals surface area contributed by atoms with E-state index in [9.17, 15) is 0 Å². The molecule has 0 bridgehead atoms. The summed E-state index contributed by atoms with van der Waals surface area (Å²) in [5.74, 6) is 1.06. The summed E-state index contributed by atoms with van der Waals surface area (Å²) in [6, 6.07) is 12.1. The Morgan fingerprint density at radius 2 is 2.13 bits per heavy atom.